The topological polar surface area (TPSA) is 59.1 Å². The Labute approximate surface area is 184 Å². The average Bonchev–Trinajstić information content (AvgIpc) is 2.79. The molecule has 2 aromatic carbocycles. The number of benzene rings is 2. The summed E-state index contributed by atoms with van der Waals surface area (Å²) in [6.07, 6.45) is -0.571. The van der Waals surface area contributed by atoms with E-state index in [9.17, 15) is 9.59 Å². The van der Waals surface area contributed by atoms with Gasteiger partial charge < -0.3 is 19.3 Å². The van der Waals surface area contributed by atoms with Crippen molar-refractivity contribution in [3.63, 3.8) is 0 Å². The first-order valence-corrected chi connectivity index (χ1v) is 11.0. The zero-order valence-electron chi connectivity index (χ0n) is 18.8. The number of ether oxygens (including phenoxy) is 2. The van der Waals surface area contributed by atoms with Gasteiger partial charge in [0.25, 0.3) is 11.8 Å². The van der Waals surface area contributed by atoms with Crippen molar-refractivity contribution in [1.29, 1.82) is 0 Å². The third-order valence-electron chi connectivity index (χ3n) is 5.50. The van der Waals surface area contributed by atoms with Gasteiger partial charge in [0.2, 0.25) is 0 Å². The smallest absolute Gasteiger partial charge is 0.263 e. The van der Waals surface area contributed by atoms with Crippen molar-refractivity contribution in [3.8, 4) is 11.5 Å². The van der Waals surface area contributed by atoms with E-state index in [0.29, 0.717) is 50.0 Å². The predicted molar refractivity (Wildman–Crippen MR) is 121 cm³/mol. The summed E-state index contributed by atoms with van der Waals surface area (Å²) >= 11 is 0. The molecule has 0 saturated carbocycles. The summed E-state index contributed by atoms with van der Waals surface area (Å²) in [7, 11) is 0. The van der Waals surface area contributed by atoms with E-state index in [1.165, 1.54) is 5.56 Å². The quantitative estimate of drug-likeness (QED) is 0.675. The fraction of sp³-hybridized carbons (Fsp3) is 0.440. The molecule has 6 nitrogen and oxygen atoms in total. The van der Waals surface area contributed by atoms with Gasteiger partial charge in [0.1, 0.15) is 11.5 Å². The van der Waals surface area contributed by atoms with Crippen molar-refractivity contribution < 1.29 is 19.1 Å². The third kappa shape index (κ3) is 5.78. The van der Waals surface area contributed by atoms with Crippen molar-refractivity contribution in [2.24, 2.45) is 0 Å². The van der Waals surface area contributed by atoms with Crippen LogP contribution in [0.4, 0.5) is 0 Å². The van der Waals surface area contributed by atoms with Crippen LogP contribution in [-0.2, 0) is 4.79 Å². The number of carbonyl (C=O) groups is 2. The third-order valence-corrected chi connectivity index (χ3v) is 5.50. The zero-order valence-corrected chi connectivity index (χ0v) is 18.8. The summed E-state index contributed by atoms with van der Waals surface area (Å²) in [6.45, 7) is 10.6. The number of hydrogen-bond donors (Lipinski definition) is 0. The van der Waals surface area contributed by atoms with Crippen LogP contribution in [-0.4, -0.2) is 60.5 Å². The van der Waals surface area contributed by atoms with E-state index in [-0.39, 0.29) is 11.8 Å². The number of rotatable bonds is 7. The lowest BCUT2D eigenvalue weighted by Gasteiger charge is -2.36. The van der Waals surface area contributed by atoms with Crippen LogP contribution in [0.2, 0.25) is 0 Å². The van der Waals surface area contributed by atoms with Crippen LogP contribution in [0.15, 0.2) is 48.5 Å². The first-order valence-electron chi connectivity index (χ1n) is 11.0. The summed E-state index contributed by atoms with van der Waals surface area (Å²) in [4.78, 5) is 29.1. The predicted octanol–water partition coefficient (Wildman–Crippen LogP) is 3.96. The molecule has 3 rings (SSSR count). The molecular weight excluding hydrogens is 392 g/mol. The first kappa shape index (κ1) is 22.7. The van der Waals surface area contributed by atoms with Crippen LogP contribution in [0.3, 0.4) is 0 Å². The number of hydrogen-bond acceptors (Lipinski definition) is 4. The second-order valence-electron chi connectivity index (χ2n) is 8.06. The monoisotopic (exact) mass is 424 g/mol. The maximum atomic E-state index is 12.8. The highest BCUT2D eigenvalue weighted by Gasteiger charge is 2.28. The maximum absolute atomic E-state index is 12.8. The second kappa shape index (κ2) is 10.3. The fourth-order valence-electron chi connectivity index (χ4n) is 3.62. The normalized spacial score (nSPS) is 15.0. The standard InChI is InChI=1S/C25H32N2O4/c1-5-30-22-10-8-21(9-11-22)25(29)27-16-14-26(15-17-27)24(28)19(4)31-23-12-6-20(7-13-23)18(2)3/h6-13,18-19H,5,14-17H2,1-4H3. The van der Waals surface area contributed by atoms with Crippen molar-refractivity contribution in [3.05, 3.63) is 59.7 Å². The van der Waals surface area contributed by atoms with Gasteiger partial charge in [0, 0.05) is 31.7 Å². The van der Waals surface area contributed by atoms with Gasteiger partial charge in [-0.2, -0.15) is 0 Å². The molecule has 0 aromatic heterocycles. The highest BCUT2D eigenvalue weighted by atomic mass is 16.5. The van der Waals surface area contributed by atoms with E-state index in [1.54, 1.807) is 28.9 Å². The molecule has 1 unspecified atom stereocenters. The molecule has 0 N–H and O–H groups in total. The van der Waals surface area contributed by atoms with Gasteiger partial charge in [-0.05, 0) is 61.7 Å². The van der Waals surface area contributed by atoms with Gasteiger partial charge in [0.15, 0.2) is 6.10 Å². The fourth-order valence-corrected chi connectivity index (χ4v) is 3.62. The Morgan fingerprint density at radius 2 is 1.39 bits per heavy atom. The summed E-state index contributed by atoms with van der Waals surface area (Å²) in [6, 6.07) is 15.1. The minimum absolute atomic E-state index is 0.0234. The van der Waals surface area contributed by atoms with Crippen molar-refractivity contribution in [2.45, 2.75) is 39.7 Å². The van der Waals surface area contributed by atoms with Crippen molar-refractivity contribution in [1.82, 2.24) is 9.80 Å². The van der Waals surface area contributed by atoms with E-state index in [0.717, 1.165) is 5.75 Å². The average molecular weight is 425 g/mol. The molecule has 0 spiro atoms. The lowest BCUT2D eigenvalue weighted by Crippen LogP contribution is -2.53. The Kier molecular flexibility index (Phi) is 7.55. The van der Waals surface area contributed by atoms with Crippen LogP contribution in [0.5, 0.6) is 11.5 Å². The molecule has 1 heterocycles. The Morgan fingerprint density at radius 1 is 0.839 bits per heavy atom. The zero-order chi connectivity index (χ0) is 22.4. The molecule has 1 aliphatic heterocycles. The minimum Gasteiger partial charge on any atom is -0.494 e. The highest BCUT2D eigenvalue weighted by molar-refractivity contribution is 5.94. The molecule has 0 bridgehead atoms. The Hall–Kier alpha value is -3.02. The largest absolute Gasteiger partial charge is 0.494 e. The highest BCUT2D eigenvalue weighted by Crippen LogP contribution is 2.20. The molecule has 1 saturated heterocycles. The first-order chi connectivity index (χ1) is 14.9. The number of nitrogens with zero attached hydrogens (tertiary/aromatic N) is 2. The Balaban J connectivity index is 1.51. The van der Waals surface area contributed by atoms with Gasteiger partial charge in [-0.25, -0.2) is 0 Å². The molecule has 0 radical (unpaired) electrons. The van der Waals surface area contributed by atoms with Gasteiger partial charge in [-0.1, -0.05) is 26.0 Å². The number of amides is 2. The lowest BCUT2D eigenvalue weighted by atomic mass is 10.0. The van der Waals surface area contributed by atoms with Gasteiger partial charge >= 0.3 is 0 Å². The molecule has 0 aliphatic carbocycles. The van der Waals surface area contributed by atoms with Crippen LogP contribution >= 0.6 is 0 Å². The summed E-state index contributed by atoms with van der Waals surface area (Å²) in [5, 5.41) is 0. The van der Waals surface area contributed by atoms with Crippen LogP contribution < -0.4 is 9.47 Å². The Morgan fingerprint density at radius 3 is 1.94 bits per heavy atom. The molecule has 1 fully saturated rings. The molecule has 1 atom stereocenters. The van der Waals surface area contributed by atoms with E-state index < -0.39 is 6.10 Å². The maximum Gasteiger partial charge on any atom is 0.263 e. The van der Waals surface area contributed by atoms with Crippen LogP contribution in [0.1, 0.15) is 49.5 Å². The Bertz CT molecular complexity index is 869. The van der Waals surface area contributed by atoms with Crippen molar-refractivity contribution in [2.75, 3.05) is 32.8 Å². The van der Waals surface area contributed by atoms with Gasteiger partial charge in [0.05, 0.1) is 6.61 Å². The molecule has 6 heteroatoms. The lowest BCUT2D eigenvalue weighted by molar-refractivity contribution is -0.139. The molecule has 166 valence electrons. The SMILES string of the molecule is CCOc1ccc(C(=O)N2CCN(C(=O)C(C)Oc3ccc(C(C)C)cc3)CC2)cc1. The molecule has 31 heavy (non-hydrogen) atoms. The van der Waals surface area contributed by atoms with E-state index >= 15 is 0 Å². The minimum atomic E-state index is -0.571. The molecule has 2 aromatic rings. The summed E-state index contributed by atoms with van der Waals surface area (Å²) < 4.78 is 11.3. The van der Waals surface area contributed by atoms with Gasteiger partial charge in [-0.15, -0.1) is 0 Å². The molecule has 2 amide bonds. The van der Waals surface area contributed by atoms with E-state index in [1.807, 2.05) is 43.3 Å². The second-order valence-corrected chi connectivity index (χ2v) is 8.06. The van der Waals surface area contributed by atoms with Crippen LogP contribution in [0.25, 0.3) is 0 Å². The van der Waals surface area contributed by atoms with E-state index in [2.05, 4.69) is 13.8 Å². The van der Waals surface area contributed by atoms with E-state index in [4.69, 9.17) is 9.47 Å². The molecule has 1 aliphatic rings. The number of piperazine rings is 1. The summed E-state index contributed by atoms with van der Waals surface area (Å²) in [5.41, 5.74) is 1.87. The number of carbonyl (C=O) groups excluding carboxylic acids is 2. The van der Waals surface area contributed by atoms with Crippen molar-refractivity contribution >= 4 is 11.8 Å². The molecular formula is C25H32N2O4. The van der Waals surface area contributed by atoms with Gasteiger partial charge in [-0.3, -0.25) is 9.59 Å². The summed E-state index contributed by atoms with van der Waals surface area (Å²) in [5.74, 6) is 1.82. The van der Waals surface area contributed by atoms with Crippen LogP contribution in [0, 0.1) is 0 Å².